The molecule has 0 unspecified atom stereocenters. The Bertz CT molecular complexity index is 787. The Morgan fingerprint density at radius 2 is 1.92 bits per heavy atom. The lowest BCUT2D eigenvalue weighted by atomic mass is 10.2. The standard InChI is InChI=1S/C18H19F2N3O3/c1-12(17(24)21-13-4-5-14(19)15(20)11-13)22-6-8-23(9-7-22)18(25)16-3-2-10-26-16/h2-5,10-12H,6-9H2,1H3,(H,21,24)/p+1/t12-/m1/s1. The van der Waals surface area contributed by atoms with Crippen molar-refractivity contribution >= 4 is 17.5 Å². The van der Waals surface area contributed by atoms with Crippen LogP contribution in [0.15, 0.2) is 41.0 Å². The van der Waals surface area contributed by atoms with Gasteiger partial charge in [0.2, 0.25) is 0 Å². The molecule has 138 valence electrons. The third-order valence-corrected chi connectivity index (χ3v) is 4.62. The maximum Gasteiger partial charge on any atom is 0.289 e. The summed E-state index contributed by atoms with van der Waals surface area (Å²) in [4.78, 5) is 27.3. The molecule has 0 radical (unpaired) electrons. The van der Waals surface area contributed by atoms with E-state index >= 15 is 0 Å². The van der Waals surface area contributed by atoms with Gasteiger partial charge >= 0.3 is 0 Å². The molecule has 0 spiro atoms. The van der Waals surface area contributed by atoms with Crippen LogP contribution in [-0.2, 0) is 4.79 Å². The van der Waals surface area contributed by atoms with E-state index in [4.69, 9.17) is 4.42 Å². The number of benzene rings is 1. The van der Waals surface area contributed by atoms with E-state index in [-0.39, 0.29) is 23.5 Å². The quantitative estimate of drug-likeness (QED) is 0.848. The van der Waals surface area contributed by atoms with Gasteiger partial charge in [0.1, 0.15) is 0 Å². The monoisotopic (exact) mass is 364 g/mol. The van der Waals surface area contributed by atoms with E-state index in [0.717, 1.165) is 17.0 Å². The number of piperazine rings is 1. The van der Waals surface area contributed by atoms with Crippen LogP contribution in [0.2, 0.25) is 0 Å². The fourth-order valence-corrected chi connectivity index (χ4v) is 3.00. The van der Waals surface area contributed by atoms with Crippen molar-refractivity contribution in [3.63, 3.8) is 0 Å². The minimum Gasteiger partial charge on any atom is -0.459 e. The Hall–Kier alpha value is -2.74. The van der Waals surface area contributed by atoms with E-state index in [1.54, 1.807) is 24.0 Å². The van der Waals surface area contributed by atoms with Crippen LogP contribution < -0.4 is 10.2 Å². The van der Waals surface area contributed by atoms with E-state index in [0.29, 0.717) is 31.9 Å². The summed E-state index contributed by atoms with van der Waals surface area (Å²) < 4.78 is 31.3. The van der Waals surface area contributed by atoms with Crippen molar-refractivity contribution in [1.82, 2.24) is 4.90 Å². The number of anilines is 1. The molecule has 1 aliphatic heterocycles. The van der Waals surface area contributed by atoms with Crippen LogP contribution in [-0.4, -0.2) is 48.9 Å². The van der Waals surface area contributed by atoms with E-state index in [1.165, 1.54) is 12.3 Å². The molecule has 0 aliphatic carbocycles. The summed E-state index contributed by atoms with van der Waals surface area (Å²) >= 11 is 0. The van der Waals surface area contributed by atoms with Gasteiger partial charge in [-0.05, 0) is 31.2 Å². The van der Waals surface area contributed by atoms with Crippen LogP contribution in [0.1, 0.15) is 17.5 Å². The molecule has 2 N–H and O–H groups in total. The first kappa shape index (κ1) is 18.1. The van der Waals surface area contributed by atoms with Gasteiger partial charge in [-0.15, -0.1) is 0 Å². The third-order valence-electron chi connectivity index (χ3n) is 4.62. The predicted molar refractivity (Wildman–Crippen MR) is 89.8 cm³/mol. The van der Waals surface area contributed by atoms with Crippen molar-refractivity contribution in [2.24, 2.45) is 0 Å². The molecule has 1 saturated heterocycles. The van der Waals surface area contributed by atoms with Gasteiger partial charge in [-0.3, -0.25) is 9.59 Å². The molecular weight excluding hydrogens is 344 g/mol. The molecular formula is C18H20F2N3O3+. The van der Waals surface area contributed by atoms with Crippen molar-refractivity contribution in [2.75, 3.05) is 31.5 Å². The van der Waals surface area contributed by atoms with Gasteiger partial charge in [0, 0.05) is 11.8 Å². The van der Waals surface area contributed by atoms with Gasteiger partial charge in [-0.2, -0.15) is 0 Å². The summed E-state index contributed by atoms with van der Waals surface area (Å²) in [5.41, 5.74) is 0.215. The van der Waals surface area contributed by atoms with E-state index in [1.807, 2.05) is 0 Å². The van der Waals surface area contributed by atoms with Gasteiger partial charge in [0.05, 0.1) is 32.4 Å². The number of hydrogen-bond donors (Lipinski definition) is 2. The number of quaternary nitrogens is 1. The zero-order valence-electron chi connectivity index (χ0n) is 14.3. The summed E-state index contributed by atoms with van der Waals surface area (Å²) in [6.45, 7) is 4.02. The molecule has 2 heterocycles. The van der Waals surface area contributed by atoms with Gasteiger partial charge in [0.15, 0.2) is 23.4 Å². The molecule has 1 aliphatic rings. The number of nitrogens with zero attached hydrogens (tertiary/aromatic N) is 1. The normalized spacial score (nSPS) is 16.3. The Morgan fingerprint density at radius 3 is 2.54 bits per heavy atom. The first-order valence-corrected chi connectivity index (χ1v) is 8.39. The molecule has 1 aromatic carbocycles. The summed E-state index contributed by atoms with van der Waals surface area (Å²) in [6, 6.07) is 6.15. The predicted octanol–water partition coefficient (Wildman–Crippen LogP) is 0.926. The Morgan fingerprint density at radius 1 is 1.19 bits per heavy atom. The zero-order chi connectivity index (χ0) is 18.7. The lowest BCUT2D eigenvalue weighted by Crippen LogP contribution is -3.19. The Balaban J connectivity index is 1.54. The van der Waals surface area contributed by atoms with Crippen LogP contribution >= 0.6 is 0 Å². The SMILES string of the molecule is C[C@H](C(=O)Nc1ccc(F)c(F)c1)[NH+]1CCN(C(=O)c2ccco2)CC1. The highest BCUT2D eigenvalue weighted by Crippen LogP contribution is 2.13. The first-order valence-electron chi connectivity index (χ1n) is 8.39. The number of halogens is 2. The second-order valence-corrected chi connectivity index (χ2v) is 6.27. The molecule has 0 saturated carbocycles. The minimum absolute atomic E-state index is 0.159. The van der Waals surface area contributed by atoms with Crippen LogP contribution in [0, 0.1) is 11.6 Å². The van der Waals surface area contributed by atoms with Crippen LogP contribution in [0.4, 0.5) is 14.5 Å². The average Bonchev–Trinajstić information content (AvgIpc) is 3.18. The zero-order valence-corrected chi connectivity index (χ0v) is 14.3. The Labute approximate surface area is 149 Å². The molecule has 1 fully saturated rings. The maximum absolute atomic E-state index is 13.2. The second-order valence-electron chi connectivity index (χ2n) is 6.27. The molecule has 1 atom stereocenters. The number of furan rings is 1. The Kier molecular flexibility index (Phi) is 5.32. The van der Waals surface area contributed by atoms with Crippen molar-refractivity contribution in [3.05, 3.63) is 54.0 Å². The molecule has 3 rings (SSSR count). The summed E-state index contributed by atoms with van der Waals surface area (Å²) in [5, 5.41) is 2.60. The highest BCUT2D eigenvalue weighted by molar-refractivity contribution is 5.93. The highest BCUT2D eigenvalue weighted by Gasteiger charge is 2.31. The topological polar surface area (TPSA) is 67.0 Å². The first-order chi connectivity index (χ1) is 12.5. The van der Waals surface area contributed by atoms with Gasteiger partial charge < -0.3 is 19.5 Å². The van der Waals surface area contributed by atoms with Crippen LogP contribution in [0.3, 0.4) is 0 Å². The summed E-state index contributed by atoms with van der Waals surface area (Å²) in [6.07, 6.45) is 1.46. The summed E-state index contributed by atoms with van der Waals surface area (Å²) in [7, 11) is 0. The van der Waals surface area contributed by atoms with E-state index in [9.17, 15) is 18.4 Å². The molecule has 2 amide bonds. The molecule has 26 heavy (non-hydrogen) atoms. The van der Waals surface area contributed by atoms with Crippen molar-refractivity contribution in [3.8, 4) is 0 Å². The lowest BCUT2D eigenvalue weighted by Gasteiger charge is -2.34. The number of rotatable bonds is 4. The summed E-state index contributed by atoms with van der Waals surface area (Å²) in [5.74, 6) is -2.10. The van der Waals surface area contributed by atoms with Crippen LogP contribution in [0.25, 0.3) is 0 Å². The number of hydrogen-bond acceptors (Lipinski definition) is 3. The third kappa shape index (κ3) is 3.91. The molecule has 2 aromatic rings. The van der Waals surface area contributed by atoms with Gasteiger partial charge in [-0.25, -0.2) is 8.78 Å². The largest absolute Gasteiger partial charge is 0.459 e. The highest BCUT2D eigenvalue weighted by atomic mass is 19.2. The molecule has 6 nitrogen and oxygen atoms in total. The van der Waals surface area contributed by atoms with Crippen LogP contribution in [0.5, 0.6) is 0 Å². The van der Waals surface area contributed by atoms with Crippen molar-refractivity contribution in [1.29, 1.82) is 0 Å². The van der Waals surface area contributed by atoms with E-state index < -0.39 is 11.6 Å². The number of nitrogens with one attached hydrogen (secondary N) is 2. The number of carbonyl (C=O) groups is 2. The minimum atomic E-state index is -1.01. The molecule has 8 heteroatoms. The molecule has 1 aromatic heterocycles. The average molecular weight is 364 g/mol. The number of amides is 2. The van der Waals surface area contributed by atoms with Gasteiger partial charge in [0.25, 0.3) is 11.8 Å². The number of carbonyl (C=O) groups excluding carboxylic acids is 2. The second kappa shape index (κ2) is 7.65. The maximum atomic E-state index is 13.2. The van der Waals surface area contributed by atoms with Crippen molar-refractivity contribution in [2.45, 2.75) is 13.0 Å². The van der Waals surface area contributed by atoms with Crippen molar-refractivity contribution < 1.29 is 27.7 Å². The van der Waals surface area contributed by atoms with Gasteiger partial charge in [-0.1, -0.05) is 0 Å². The smallest absolute Gasteiger partial charge is 0.289 e. The fourth-order valence-electron chi connectivity index (χ4n) is 3.00. The lowest BCUT2D eigenvalue weighted by molar-refractivity contribution is -0.917. The fraction of sp³-hybridized carbons (Fsp3) is 0.333. The molecule has 0 bridgehead atoms. The van der Waals surface area contributed by atoms with E-state index in [2.05, 4.69) is 5.32 Å².